The molecule has 0 atom stereocenters. The molecule has 0 radical (unpaired) electrons. The molecule has 1 aromatic carbocycles. The van der Waals surface area contributed by atoms with Crippen LogP contribution in [0.4, 0.5) is 16.2 Å². The van der Waals surface area contributed by atoms with Crippen LogP contribution in [0.3, 0.4) is 0 Å². The number of urea groups is 1. The summed E-state index contributed by atoms with van der Waals surface area (Å²) in [5, 5.41) is 6.12. The molecular formula is C18H23N5O2S. The average Bonchev–Trinajstić information content (AvgIpc) is 3.07. The van der Waals surface area contributed by atoms with Crippen molar-refractivity contribution < 1.29 is 9.59 Å². The molecule has 0 spiro atoms. The minimum atomic E-state index is -0.277. The molecule has 1 aliphatic heterocycles. The monoisotopic (exact) mass is 373 g/mol. The Labute approximate surface area is 156 Å². The number of carbonyl (C=O) groups is 2. The van der Waals surface area contributed by atoms with Crippen LogP contribution in [0.2, 0.25) is 0 Å². The summed E-state index contributed by atoms with van der Waals surface area (Å²) >= 11 is 1.33. The number of nitrogens with two attached hydrogens (primary N) is 1. The standard InChI is InChI=1S/C18H23N5O2S/c1-2-3-9-20-18(25)23-10-8-14-15(11-23)26-17(22-14)16(24)21-13-7-5-4-6-12(13)19/h4-7H,2-3,8-11,19H2,1H3,(H,20,25)(H,21,24). The van der Waals surface area contributed by atoms with Gasteiger partial charge in [0.15, 0.2) is 5.01 Å². The summed E-state index contributed by atoms with van der Waals surface area (Å²) in [7, 11) is 0. The van der Waals surface area contributed by atoms with Gasteiger partial charge in [-0.2, -0.15) is 0 Å². The van der Waals surface area contributed by atoms with Gasteiger partial charge in [0.05, 0.1) is 23.6 Å². The number of amides is 3. The third-order valence-electron chi connectivity index (χ3n) is 4.23. The molecule has 0 saturated carbocycles. The molecule has 0 aliphatic carbocycles. The third kappa shape index (κ3) is 4.13. The first kappa shape index (κ1) is 18.2. The van der Waals surface area contributed by atoms with Crippen LogP contribution in [0.1, 0.15) is 40.1 Å². The lowest BCUT2D eigenvalue weighted by atomic mass is 10.2. The fraction of sp³-hybridized carbons (Fsp3) is 0.389. The smallest absolute Gasteiger partial charge is 0.317 e. The van der Waals surface area contributed by atoms with E-state index in [1.54, 1.807) is 17.0 Å². The van der Waals surface area contributed by atoms with Crippen molar-refractivity contribution in [3.8, 4) is 0 Å². The minimum absolute atomic E-state index is 0.0550. The normalized spacial score (nSPS) is 13.2. The van der Waals surface area contributed by atoms with Crippen molar-refractivity contribution in [2.45, 2.75) is 32.7 Å². The number of benzene rings is 1. The molecule has 3 rings (SSSR count). The van der Waals surface area contributed by atoms with Gasteiger partial charge in [0.25, 0.3) is 5.91 Å². The van der Waals surface area contributed by atoms with Crippen molar-refractivity contribution >= 4 is 34.6 Å². The molecule has 1 aromatic heterocycles. The van der Waals surface area contributed by atoms with E-state index in [0.29, 0.717) is 42.4 Å². The Kier molecular flexibility index (Phi) is 5.72. The van der Waals surface area contributed by atoms with Crippen molar-refractivity contribution in [3.05, 3.63) is 39.8 Å². The average molecular weight is 373 g/mol. The first-order valence-corrected chi connectivity index (χ1v) is 9.57. The van der Waals surface area contributed by atoms with E-state index in [9.17, 15) is 9.59 Å². The number of carbonyl (C=O) groups excluding carboxylic acids is 2. The lowest BCUT2D eigenvalue weighted by molar-refractivity contribution is 0.102. The number of unbranched alkanes of at least 4 members (excludes halogenated alkanes) is 1. The Balaban J connectivity index is 1.64. The van der Waals surface area contributed by atoms with Gasteiger partial charge in [-0.05, 0) is 18.6 Å². The first-order valence-electron chi connectivity index (χ1n) is 8.75. The van der Waals surface area contributed by atoms with Gasteiger partial charge in [-0.1, -0.05) is 25.5 Å². The summed E-state index contributed by atoms with van der Waals surface area (Å²) in [6.45, 7) is 3.88. The molecule has 0 bridgehead atoms. The molecule has 0 saturated heterocycles. The second-order valence-electron chi connectivity index (χ2n) is 6.19. The zero-order valence-electron chi connectivity index (χ0n) is 14.7. The van der Waals surface area contributed by atoms with Crippen LogP contribution in [-0.4, -0.2) is 34.9 Å². The molecule has 0 fully saturated rings. The Morgan fingerprint density at radius 3 is 2.92 bits per heavy atom. The van der Waals surface area contributed by atoms with Crippen LogP contribution < -0.4 is 16.4 Å². The van der Waals surface area contributed by atoms with Gasteiger partial charge in [-0.15, -0.1) is 11.3 Å². The molecule has 8 heteroatoms. The summed E-state index contributed by atoms with van der Waals surface area (Å²) in [4.78, 5) is 31.9. The van der Waals surface area contributed by atoms with Crippen LogP contribution in [0, 0.1) is 0 Å². The van der Waals surface area contributed by atoms with Crippen LogP contribution >= 0.6 is 11.3 Å². The first-order chi connectivity index (χ1) is 12.6. The number of hydrogen-bond donors (Lipinski definition) is 3. The Hall–Kier alpha value is -2.61. The number of nitrogens with zero attached hydrogens (tertiary/aromatic N) is 2. The lowest BCUT2D eigenvalue weighted by Crippen LogP contribution is -2.42. The number of hydrogen-bond acceptors (Lipinski definition) is 5. The van der Waals surface area contributed by atoms with Gasteiger partial charge >= 0.3 is 6.03 Å². The molecule has 26 heavy (non-hydrogen) atoms. The summed E-state index contributed by atoms with van der Waals surface area (Å²) in [6.07, 6.45) is 2.68. The Bertz CT molecular complexity index is 805. The maximum Gasteiger partial charge on any atom is 0.317 e. The van der Waals surface area contributed by atoms with Crippen LogP contribution in [0.15, 0.2) is 24.3 Å². The number of para-hydroxylation sites is 2. The number of aromatic nitrogens is 1. The zero-order chi connectivity index (χ0) is 18.5. The highest BCUT2D eigenvalue weighted by molar-refractivity contribution is 7.13. The molecule has 2 heterocycles. The summed E-state index contributed by atoms with van der Waals surface area (Å²) < 4.78 is 0. The molecule has 2 aromatic rings. The van der Waals surface area contributed by atoms with Crippen LogP contribution in [-0.2, 0) is 13.0 Å². The molecule has 1 aliphatic rings. The van der Waals surface area contributed by atoms with Crippen molar-refractivity contribution in [3.63, 3.8) is 0 Å². The number of thiazole rings is 1. The summed E-state index contributed by atoms with van der Waals surface area (Å²) in [5.41, 5.74) is 7.85. The highest BCUT2D eigenvalue weighted by Crippen LogP contribution is 2.26. The molecule has 0 unspecified atom stereocenters. The number of nitrogens with one attached hydrogen (secondary N) is 2. The SMILES string of the molecule is CCCCNC(=O)N1CCc2nc(C(=O)Nc3ccccc3N)sc2C1. The highest BCUT2D eigenvalue weighted by atomic mass is 32.1. The maximum atomic E-state index is 12.5. The summed E-state index contributed by atoms with van der Waals surface area (Å²) in [5.74, 6) is -0.277. The Morgan fingerprint density at radius 1 is 1.35 bits per heavy atom. The minimum Gasteiger partial charge on any atom is -0.397 e. The number of rotatable bonds is 5. The van der Waals surface area contributed by atoms with E-state index in [2.05, 4.69) is 22.5 Å². The molecule has 7 nitrogen and oxygen atoms in total. The summed E-state index contributed by atoms with van der Waals surface area (Å²) in [6, 6.07) is 7.06. The second-order valence-corrected chi connectivity index (χ2v) is 7.27. The van der Waals surface area contributed by atoms with E-state index in [0.717, 1.165) is 23.4 Å². The van der Waals surface area contributed by atoms with Gasteiger partial charge in [0.2, 0.25) is 0 Å². The fourth-order valence-corrected chi connectivity index (χ4v) is 3.76. The maximum absolute atomic E-state index is 12.5. The topological polar surface area (TPSA) is 100 Å². The van der Waals surface area contributed by atoms with Gasteiger partial charge in [0, 0.05) is 24.4 Å². The van der Waals surface area contributed by atoms with E-state index < -0.39 is 0 Å². The van der Waals surface area contributed by atoms with Gasteiger partial charge in [-0.3, -0.25) is 4.79 Å². The van der Waals surface area contributed by atoms with Crippen LogP contribution in [0.5, 0.6) is 0 Å². The van der Waals surface area contributed by atoms with E-state index in [1.165, 1.54) is 11.3 Å². The quantitative estimate of drug-likeness (QED) is 0.554. The number of nitrogen functional groups attached to an aromatic ring is 1. The van der Waals surface area contributed by atoms with E-state index >= 15 is 0 Å². The largest absolute Gasteiger partial charge is 0.397 e. The van der Waals surface area contributed by atoms with E-state index in [-0.39, 0.29) is 11.9 Å². The highest BCUT2D eigenvalue weighted by Gasteiger charge is 2.25. The zero-order valence-corrected chi connectivity index (χ0v) is 15.6. The van der Waals surface area contributed by atoms with Gasteiger partial charge < -0.3 is 21.3 Å². The van der Waals surface area contributed by atoms with E-state index in [1.807, 2.05) is 12.1 Å². The number of anilines is 2. The number of fused-ring (bicyclic) bond motifs is 1. The van der Waals surface area contributed by atoms with Crippen molar-refractivity contribution in [2.24, 2.45) is 0 Å². The van der Waals surface area contributed by atoms with Crippen LogP contribution in [0.25, 0.3) is 0 Å². The van der Waals surface area contributed by atoms with Crippen molar-refractivity contribution in [1.29, 1.82) is 0 Å². The van der Waals surface area contributed by atoms with Crippen molar-refractivity contribution in [1.82, 2.24) is 15.2 Å². The molecule has 3 amide bonds. The Morgan fingerprint density at radius 2 is 2.15 bits per heavy atom. The fourth-order valence-electron chi connectivity index (χ4n) is 2.74. The lowest BCUT2D eigenvalue weighted by Gasteiger charge is -2.26. The third-order valence-corrected chi connectivity index (χ3v) is 5.31. The molecular weight excluding hydrogens is 350 g/mol. The molecule has 138 valence electrons. The van der Waals surface area contributed by atoms with Gasteiger partial charge in [-0.25, -0.2) is 9.78 Å². The molecule has 4 N–H and O–H groups in total. The predicted molar refractivity (Wildman–Crippen MR) is 103 cm³/mol. The van der Waals surface area contributed by atoms with Gasteiger partial charge in [0.1, 0.15) is 0 Å². The van der Waals surface area contributed by atoms with E-state index in [4.69, 9.17) is 5.73 Å². The predicted octanol–water partition coefficient (Wildman–Crippen LogP) is 2.85. The second kappa shape index (κ2) is 8.18. The van der Waals surface area contributed by atoms with Crippen molar-refractivity contribution in [2.75, 3.05) is 24.1 Å².